The average Bonchev–Trinajstić information content (AvgIpc) is 3.04. The van der Waals surface area contributed by atoms with Gasteiger partial charge < -0.3 is 19.4 Å². The maximum absolute atomic E-state index is 5.36. The summed E-state index contributed by atoms with van der Waals surface area (Å²) in [6.07, 6.45) is 5.90. The van der Waals surface area contributed by atoms with Gasteiger partial charge in [0.05, 0.1) is 6.26 Å². The van der Waals surface area contributed by atoms with Gasteiger partial charge in [-0.1, -0.05) is 13.3 Å². The number of nitrogens with zero attached hydrogens (tertiary/aromatic N) is 2. The van der Waals surface area contributed by atoms with Crippen molar-refractivity contribution >= 4 is 5.96 Å². The lowest BCUT2D eigenvalue weighted by atomic mass is 10.3. The van der Waals surface area contributed by atoms with Crippen LogP contribution in [0.15, 0.2) is 27.8 Å². The van der Waals surface area contributed by atoms with Crippen LogP contribution in [-0.2, 0) is 11.2 Å². The molecule has 0 spiro atoms. The first kappa shape index (κ1) is 18.6. The zero-order valence-corrected chi connectivity index (χ0v) is 14.3. The molecule has 0 atom stereocenters. The topological polar surface area (TPSA) is 50.0 Å². The molecule has 5 heteroatoms. The van der Waals surface area contributed by atoms with Crippen LogP contribution in [0.4, 0.5) is 0 Å². The molecule has 0 saturated heterocycles. The maximum Gasteiger partial charge on any atom is 0.193 e. The van der Waals surface area contributed by atoms with Gasteiger partial charge in [0.1, 0.15) is 5.76 Å². The van der Waals surface area contributed by atoms with Gasteiger partial charge in [0, 0.05) is 46.3 Å². The lowest BCUT2D eigenvalue weighted by Gasteiger charge is -2.22. The highest BCUT2D eigenvalue weighted by molar-refractivity contribution is 5.79. The monoisotopic (exact) mass is 309 g/mol. The van der Waals surface area contributed by atoms with Crippen molar-refractivity contribution in [1.29, 1.82) is 0 Å². The minimum Gasteiger partial charge on any atom is -0.469 e. The Bertz CT molecular complexity index is 391. The second kappa shape index (κ2) is 12.1. The Morgan fingerprint density at radius 2 is 2.23 bits per heavy atom. The van der Waals surface area contributed by atoms with E-state index in [2.05, 4.69) is 29.2 Å². The number of nitrogens with one attached hydrogen (secondary N) is 1. The Labute approximate surface area is 134 Å². The van der Waals surface area contributed by atoms with Gasteiger partial charge in [-0.05, 0) is 31.9 Å². The van der Waals surface area contributed by atoms with Crippen molar-refractivity contribution in [1.82, 2.24) is 10.2 Å². The van der Waals surface area contributed by atoms with Gasteiger partial charge in [0.2, 0.25) is 0 Å². The highest BCUT2D eigenvalue weighted by Crippen LogP contribution is 2.00. The largest absolute Gasteiger partial charge is 0.469 e. The summed E-state index contributed by atoms with van der Waals surface area (Å²) in [4.78, 5) is 6.89. The molecular weight excluding hydrogens is 278 g/mol. The number of hydrogen-bond acceptors (Lipinski definition) is 3. The van der Waals surface area contributed by atoms with Crippen LogP contribution in [0.25, 0.3) is 0 Å². The van der Waals surface area contributed by atoms with Gasteiger partial charge in [0.25, 0.3) is 0 Å². The molecular formula is C17H31N3O2. The van der Waals surface area contributed by atoms with Crippen LogP contribution in [0.5, 0.6) is 0 Å². The summed E-state index contributed by atoms with van der Waals surface area (Å²) < 4.78 is 10.7. The van der Waals surface area contributed by atoms with E-state index in [1.807, 2.05) is 19.1 Å². The van der Waals surface area contributed by atoms with Crippen LogP contribution < -0.4 is 5.32 Å². The molecule has 0 saturated carbocycles. The standard InChI is InChI=1S/C17H31N3O2/c1-4-6-13-20(3)17(18-11-8-14-21-5-2)19-12-10-16-9-7-15-22-16/h7,9,15H,4-6,8,10-14H2,1-3H3,(H,18,19). The zero-order valence-electron chi connectivity index (χ0n) is 14.3. The molecule has 0 aliphatic heterocycles. The predicted molar refractivity (Wildman–Crippen MR) is 91.4 cm³/mol. The first-order valence-electron chi connectivity index (χ1n) is 8.37. The normalized spacial score (nSPS) is 11.7. The third-order valence-electron chi connectivity index (χ3n) is 3.36. The fraction of sp³-hybridized carbons (Fsp3) is 0.706. The minimum absolute atomic E-state index is 0.772. The molecule has 1 aromatic rings. The van der Waals surface area contributed by atoms with Crippen molar-refractivity contribution in [3.63, 3.8) is 0 Å². The summed E-state index contributed by atoms with van der Waals surface area (Å²) >= 11 is 0. The second-order valence-electron chi connectivity index (χ2n) is 5.29. The summed E-state index contributed by atoms with van der Waals surface area (Å²) in [5, 5.41) is 3.43. The third-order valence-corrected chi connectivity index (χ3v) is 3.36. The van der Waals surface area contributed by atoms with Gasteiger partial charge in [-0.2, -0.15) is 0 Å². The molecule has 0 radical (unpaired) electrons. The Morgan fingerprint density at radius 1 is 1.36 bits per heavy atom. The van der Waals surface area contributed by atoms with Crippen LogP contribution in [-0.4, -0.2) is 50.8 Å². The molecule has 126 valence electrons. The van der Waals surface area contributed by atoms with Crippen LogP contribution in [0.2, 0.25) is 0 Å². The summed E-state index contributed by atoms with van der Waals surface area (Å²) in [5.41, 5.74) is 0. The SMILES string of the molecule is CCCCN(C)C(=NCCCOCC)NCCc1ccco1. The predicted octanol–water partition coefficient (Wildman–Crippen LogP) is 2.93. The van der Waals surface area contributed by atoms with Crippen LogP contribution in [0, 0.1) is 0 Å². The van der Waals surface area contributed by atoms with E-state index in [0.717, 1.165) is 57.4 Å². The van der Waals surface area contributed by atoms with Gasteiger partial charge >= 0.3 is 0 Å². The molecule has 1 heterocycles. The van der Waals surface area contributed by atoms with Crippen molar-refractivity contribution in [2.45, 2.75) is 39.5 Å². The summed E-state index contributed by atoms with van der Waals surface area (Å²) in [6, 6.07) is 3.92. The molecule has 0 aliphatic rings. The summed E-state index contributed by atoms with van der Waals surface area (Å²) in [5.74, 6) is 1.97. The Kier molecular flexibility index (Phi) is 10.2. The van der Waals surface area contributed by atoms with Gasteiger partial charge in [-0.25, -0.2) is 0 Å². The van der Waals surface area contributed by atoms with Crippen LogP contribution in [0.1, 0.15) is 38.9 Å². The van der Waals surface area contributed by atoms with Gasteiger partial charge in [-0.3, -0.25) is 4.99 Å². The van der Waals surface area contributed by atoms with Gasteiger partial charge in [-0.15, -0.1) is 0 Å². The zero-order chi connectivity index (χ0) is 16.0. The first-order valence-corrected chi connectivity index (χ1v) is 8.37. The molecule has 1 aromatic heterocycles. The van der Waals surface area contributed by atoms with Crippen molar-refractivity contribution in [2.75, 3.05) is 39.9 Å². The number of rotatable bonds is 11. The van der Waals surface area contributed by atoms with E-state index in [0.29, 0.717) is 0 Å². The highest BCUT2D eigenvalue weighted by atomic mass is 16.5. The Hall–Kier alpha value is -1.49. The van der Waals surface area contributed by atoms with E-state index in [-0.39, 0.29) is 0 Å². The molecule has 1 N–H and O–H groups in total. The number of ether oxygens (including phenoxy) is 1. The molecule has 0 aliphatic carbocycles. The number of guanidine groups is 1. The smallest absolute Gasteiger partial charge is 0.193 e. The third kappa shape index (κ3) is 8.08. The van der Waals surface area contributed by atoms with E-state index in [4.69, 9.17) is 9.15 Å². The van der Waals surface area contributed by atoms with Gasteiger partial charge in [0.15, 0.2) is 5.96 Å². The quantitative estimate of drug-likeness (QED) is 0.388. The maximum atomic E-state index is 5.36. The lowest BCUT2D eigenvalue weighted by molar-refractivity contribution is 0.146. The second-order valence-corrected chi connectivity index (χ2v) is 5.29. The Morgan fingerprint density at radius 3 is 2.91 bits per heavy atom. The number of aliphatic imine (C=N–C) groups is 1. The fourth-order valence-corrected chi connectivity index (χ4v) is 2.06. The van der Waals surface area contributed by atoms with E-state index in [1.54, 1.807) is 6.26 Å². The van der Waals surface area contributed by atoms with Crippen LogP contribution >= 0.6 is 0 Å². The Balaban J connectivity index is 2.39. The molecule has 0 bridgehead atoms. The van der Waals surface area contributed by atoms with E-state index in [9.17, 15) is 0 Å². The molecule has 1 rings (SSSR count). The average molecular weight is 309 g/mol. The van der Waals surface area contributed by atoms with E-state index in [1.165, 1.54) is 12.8 Å². The molecule has 0 unspecified atom stereocenters. The molecule has 0 aromatic carbocycles. The summed E-state index contributed by atoms with van der Waals surface area (Å²) in [7, 11) is 2.09. The van der Waals surface area contributed by atoms with Crippen molar-refractivity contribution < 1.29 is 9.15 Å². The van der Waals surface area contributed by atoms with E-state index >= 15 is 0 Å². The first-order chi connectivity index (χ1) is 10.8. The highest BCUT2D eigenvalue weighted by Gasteiger charge is 2.06. The fourth-order valence-electron chi connectivity index (χ4n) is 2.06. The lowest BCUT2D eigenvalue weighted by Crippen LogP contribution is -2.40. The number of unbranched alkanes of at least 4 members (excludes halogenated alkanes) is 1. The molecule has 0 fully saturated rings. The molecule has 0 amide bonds. The number of hydrogen-bond donors (Lipinski definition) is 1. The minimum atomic E-state index is 0.772. The van der Waals surface area contributed by atoms with Crippen molar-refractivity contribution in [3.05, 3.63) is 24.2 Å². The molecule has 22 heavy (non-hydrogen) atoms. The summed E-state index contributed by atoms with van der Waals surface area (Å²) in [6.45, 7) is 8.41. The van der Waals surface area contributed by atoms with Crippen LogP contribution in [0.3, 0.4) is 0 Å². The molecule has 5 nitrogen and oxygen atoms in total. The van der Waals surface area contributed by atoms with E-state index < -0.39 is 0 Å². The van der Waals surface area contributed by atoms with Crippen molar-refractivity contribution in [3.8, 4) is 0 Å². The number of furan rings is 1. The van der Waals surface area contributed by atoms with Crippen molar-refractivity contribution in [2.24, 2.45) is 4.99 Å².